The Kier molecular flexibility index (Phi) is 5.18. The summed E-state index contributed by atoms with van der Waals surface area (Å²) in [6.07, 6.45) is 0.887. The number of nitrogens with one attached hydrogen (secondary N) is 1. The molecule has 1 saturated heterocycles. The normalized spacial score (nSPS) is 15.8. The third-order valence-electron chi connectivity index (χ3n) is 5.55. The van der Waals surface area contributed by atoms with Crippen LogP contribution in [-0.2, 0) is 6.54 Å². The number of carbonyl (C=O) groups excluding carboxylic acids is 1. The third kappa shape index (κ3) is 3.80. The zero-order valence-corrected chi connectivity index (χ0v) is 16.5. The molecular formula is C23H26FN3O. The van der Waals surface area contributed by atoms with Crippen LogP contribution < -0.4 is 0 Å². The van der Waals surface area contributed by atoms with Crippen molar-refractivity contribution in [2.75, 3.05) is 26.2 Å². The van der Waals surface area contributed by atoms with E-state index in [0.717, 1.165) is 37.0 Å². The Morgan fingerprint density at radius 2 is 1.89 bits per heavy atom. The monoisotopic (exact) mass is 379 g/mol. The molecule has 0 unspecified atom stereocenters. The van der Waals surface area contributed by atoms with Crippen molar-refractivity contribution in [2.24, 2.45) is 0 Å². The van der Waals surface area contributed by atoms with Gasteiger partial charge in [0, 0.05) is 49.2 Å². The first-order valence-electron chi connectivity index (χ1n) is 9.86. The van der Waals surface area contributed by atoms with Crippen molar-refractivity contribution >= 4 is 16.8 Å². The molecule has 2 heterocycles. The summed E-state index contributed by atoms with van der Waals surface area (Å²) in [4.78, 5) is 20.5. The minimum Gasteiger partial charge on any atom is -0.351 e. The number of rotatable bonds is 3. The zero-order valence-electron chi connectivity index (χ0n) is 16.5. The van der Waals surface area contributed by atoms with E-state index in [0.29, 0.717) is 24.3 Å². The molecule has 0 bridgehead atoms. The second-order valence-corrected chi connectivity index (χ2v) is 7.74. The molecule has 2 aromatic carbocycles. The SMILES string of the molecule is Cc1cc(C)c2cc(C(=O)N3CCCN(Cc4ccccc4F)CC3)[nH]c2c1. The van der Waals surface area contributed by atoms with Crippen LogP contribution in [-0.4, -0.2) is 46.9 Å². The number of H-pyrrole nitrogens is 1. The number of fused-ring (bicyclic) bond motifs is 1. The molecule has 28 heavy (non-hydrogen) atoms. The van der Waals surface area contributed by atoms with Crippen LogP contribution in [0.3, 0.4) is 0 Å². The van der Waals surface area contributed by atoms with E-state index in [-0.39, 0.29) is 11.7 Å². The average Bonchev–Trinajstić information content (AvgIpc) is 2.96. The van der Waals surface area contributed by atoms with Gasteiger partial charge in [-0.25, -0.2) is 4.39 Å². The summed E-state index contributed by atoms with van der Waals surface area (Å²) in [6.45, 7) is 7.71. The molecular weight excluding hydrogens is 353 g/mol. The second-order valence-electron chi connectivity index (χ2n) is 7.74. The van der Waals surface area contributed by atoms with Gasteiger partial charge in [0.15, 0.2) is 0 Å². The lowest BCUT2D eigenvalue weighted by atomic mass is 10.1. The van der Waals surface area contributed by atoms with Crippen molar-refractivity contribution in [3.63, 3.8) is 0 Å². The van der Waals surface area contributed by atoms with Gasteiger partial charge in [-0.3, -0.25) is 9.69 Å². The average molecular weight is 379 g/mol. The lowest BCUT2D eigenvalue weighted by Crippen LogP contribution is -2.35. The molecule has 1 amide bonds. The van der Waals surface area contributed by atoms with Gasteiger partial charge < -0.3 is 9.88 Å². The van der Waals surface area contributed by atoms with Crippen LogP contribution in [0, 0.1) is 19.7 Å². The van der Waals surface area contributed by atoms with Crippen molar-refractivity contribution in [1.29, 1.82) is 0 Å². The number of aromatic nitrogens is 1. The molecule has 0 radical (unpaired) electrons. The van der Waals surface area contributed by atoms with Gasteiger partial charge in [-0.2, -0.15) is 0 Å². The fourth-order valence-corrected chi connectivity index (χ4v) is 4.08. The van der Waals surface area contributed by atoms with Crippen LogP contribution in [0.1, 0.15) is 33.6 Å². The minimum atomic E-state index is -0.164. The predicted octanol–water partition coefficient (Wildman–Crippen LogP) is 4.27. The molecule has 0 aliphatic carbocycles. The highest BCUT2D eigenvalue weighted by molar-refractivity contribution is 5.99. The van der Waals surface area contributed by atoms with Crippen molar-refractivity contribution in [3.8, 4) is 0 Å². The van der Waals surface area contributed by atoms with Crippen molar-refractivity contribution in [3.05, 3.63) is 70.7 Å². The van der Waals surface area contributed by atoms with Gasteiger partial charge in [0.05, 0.1) is 0 Å². The van der Waals surface area contributed by atoms with Gasteiger partial charge in [-0.15, -0.1) is 0 Å². The van der Waals surface area contributed by atoms with E-state index in [9.17, 15) is 9.18 Å². The van der Waals surface area contributed by atoms with E-state index < -0.39 is 0 Å². The highest BCUT2D eigenvalue weighted by Crippen LogP contribution is 2.22. The van der Waals surface area contributed by atoms with Gasteiger partial charge in [0.1, 0.15) is 11.5 Å². The maximum atomic E-state index is 13.9. The van der Waals surface area contributed by atoms with E-state index in [1.165, 1.54) is 17.2 Å². The molecule has 0 saturated carbocycles. The number of benzene rings is 2. The summed E-state index contributed by atoms with van der Waals surface area (Å²) in [6, 6.07) is 13.1. The second kappa shape index (κ2) is 7.76. The first-order chi connectivity index (χ1) is 13.5. The summed E-state index contributed by atoms with van der Waals surface area (Å²) >= 11 is 0. The minimum absolute atomic E-state index is 0.0426. The zero-order chi connectivity index (χ0) is 19.7. The Bertz CT molecular complexity index is 1010. The molecule has 1 aromatic heterocycles. The van der Waals surface area contributed by atoms with Crippen molar-refractivity contribution < 1.29 is 9.18 Å². The van der Waals surface area contributed by atoms with Gasteiger partial charge in [0.2, 0.25) is 0 Å². The van der Waals surface area contributed by atoms with Crippen LogP contribution in [0.25, 0.3) is 10.9 Å². The maximum Gasteiger partial charge on any atom is 0.270 e. The standard InChI is InChI=1S/C23H26FN3O/c1-16-12-17(2)19-14-22(25-21(19)13-16)23(28)27-9-5-8-26(10-11-27)15-18-6-3-4-7-20(18)24/h3-4,6-7,12-14,25H,5,8-11,15H2,1-2H3. The topological polar surface area (TPSA) is 39.3 Å². The van der Waals surface area contributed by atoms with Crippen LogP contribution in [0.2, 0.25) is 0 Å². The van der Waals surface area contributed by atoms with E-state index in [4.69, 9.17) is 0 Å². The number of carbonyl (C=O) groups is 1. The fourth-order valence-electron chi connectivity index (χ4n) is 4.08. The Morgan fingerprint density at radius 1 is 1.07 bits per heavy atom. The highest BCUT2D eigenvalue weighted by Gasteiger charge is 2.22. The van der Waals surface area contributed by atoms with Crippen LogP contribution >= 0.6 is 0 Å². The molecule has 0 atom stereocenters. The number of hydrogen-bond acceptors (Lipinski definition) is 2. The van der Waals surface area contributed by atoms with E-state index >= 15 is 0 Å². The van der Waals surface area contributed by atoms with Gasteiger partial charge in [0.25, 0.3) is 5.91 Å². The van der Waals surface area contributed by atoms with Gasteiger partial charge >= 0.3 is 0 Å². The van der Waals surface area contributed by atoms with E-state index in [1.807, 2.05) is 23.1 Å². The smallest absolute Gasteiger partial charge is 0.270 e. The third-order valence-corrected chi connectivity index (χ3v) is 5.55. The molecule has 4 rings (SSSR count). The number of aryl methyl sites for hydroxylation is 2. The van der Waals surface area contributed by atoms with Crippen LogP contribution in [0.5, 0.6) is 0 Å². The molecule has 3 aromatic rings. The van der Waals surface area contributed by atoms with Crippen molar-refractivity contribution in [1.82, 2.24) is 14.8 Å². The van der Waals surface area contributed by atoms with Crippen LogP contribution in [0.15, 0.2) is 42.5 Å². The first kappa shape index (κ1) is 18.7. The van der Waals surface area contributed by atoms with Crippen molar-refractivity contribution in [2.45, 2.75) is 26.8 Å². The lowest BCUT2D eigenvalue weighted by molar-refractivity contribution is 0.0756. The summed E-state index contributed by atoms with van der Waals surface area (Å²) < 4.78 is 13.9. The number of halogens is 1. The number of hydrogen-bond donors (Lipinski definition) is 1. The Balaban J connectivity index is 1.46. The Morgan fingerprint density at radius 3 is 2.71 bits per heavy atom. The molecule has 1 aliphatic rings. The molecule has 1 N–H and O–H groups in total. The number of amides is 1. The van der Waals surface area contributed by atoms with E-state index in [2.05, 4.69) is 35.9 Å². The summed E-state index contributed by atoms with van der Waals surface area (Å²) in [5.41, 5.74) is 4.73. The molecule has 4 nitrogen and oxygen atoms in total. The van der Waals surface area contributed by atoms with Gasteiger partial charge in [-0.05, 0) is 49.6 Å². The molecule has 1 aliphatic heterocycles. The van der Waals surface area contributed by atoms with Crippen LogP contribution in [0.4, 0.5) is 4.39 Å². The Labute approximate surface area is 165 Å². The molecule has 0 spiro atoms. The summed E-state index contributed by atoms with van der Waals surface area (Å²) in [5, 5.41) is 1.10. The Hall–Kier alpha value is -2.66. The molecule has 5 heteroatoms. The maximum absolute atomic E-state index is 13.9. The fraction of sp³-hybridized carbons (Fsp3) is 0.348. The molecule has 1 fully saturated rings. The lowest BCUT2D eigenvalue weighted by Gasteiger charge is -2.22. The predicted molar refractivity (Wildman–Crippen MR) is 110 cm³/mol. The van der Waals surface area contributed by atoms with E-state index in [1.54, 1.807) is 6.07 Å². The number of aromatic amines is 1. The number of nitrogens with zero attached hydrogens (tertiary/aromatic N) is 2. The summed E-state index contributed by atoms with van der Waals surface area (Å²) in [5.74, 6) is -0.121. The molecule has 146 valence electrons. The van der Waals surface area contributed by atoms with Gasteiger partial charge in [-0.1, -0.05) is 24.3 Å². The largest absolute Gasteiger partial charge is 0.351 e. The highest BCUT2D eigenvalue weighted by atomic mass is 19.1. The first-order valence-corrected chi connectivity index (χ1v) is 9.86. The summed E-state index contributed by atoms with van der Waals surface area (Å²) in [7, 11) is 0. The quantitative estimate of drug-likeness (QED) is 0.738.